The normalized spacial score (nSPS) is 10.9. The van der Waals surface area contributed by atoms with Crippen LogP contribution in [0.15, 0.2) is 42.5 Å². The third-order valence-corrected chi connectivity index (χ3v) is 3.33. The van der Waals surface area contributed by atoms with Crippen LogP contribution in [0.4, 0.5) is 4.39 Å². The maximum absolute atomic E-state index is 12.9. The second kappa shape index (κ2) is 5.34. The molecule has 0 heterocycles. The molecule has 0 bridgehead atoms. The van der Waals surface area contributed by atoms with Gasteiger partial charge in [-0.15, -0.1) is 0 Å². The average molecular weight is 242 g/mol. The van der Waals surface area contributed by atoms with Crippen molar-refractivity contribution >= 4 is 0 Å². The van der Waals surface area contributed by atoms with E-state index in [0.717, 1.165) is 17.5 Å². The van der Waals surface area contributed by atoms with Crippen molar-refractivity contribution < 1.29 is 4.39 Å². The first-order valence-electron chi connectivity index (χ1n) is 6.50. The van der Waals surface area contributed by atoms with Crippen LogP contribution < -0.4 is 0 Å². The van der Waals surface area contributed by atoms with Crippen molar-refractivity contribution in [1.29, 1.82) is 0 Å². The van der Waals surface area contributed by atoms with Crippen molar-refractivity contribution in [2.45, 2.75) is 33.1 Å². The summed E-state index contributed by atoms with van der Waals surface area (Å²) in [7, 11) is 0. The molecule has 1 heteroatoms. The van der Waals surface area contributed by atoms with Gasteiger partial charge >= 0.3 is 0 Å². The van der Waals surface area contributed by atoms with Crippen LogP contribution in [0, 0.1) is 5.82 Å². The second-order valence-electron chi connectivity index (χ2n) is 4.93. The predicted molar refractivity (Wildman–Crippen MR) is 75.3 cm³/mol. The Hall–Kier alpha value is -1.63. The van der Waals surface area contributed by atoms with Crippen LogP contribution in [0.25, 0.3) is 11.1 Å². The molecule has 0 spiro atoms. The smallest absolute Gasteiger partial charge is 0.123 e. The quantitative estimate of drug-likeness (QED) is 0.695. The van der Waals surface area contributed by atoms with E-state index in [1.165, 1.54) is 23.3 Å². The topological polar surface area (TPSA) is 0 Å². The van der Waals surface area contributed by atoms with Crippen LogP contribution in [0.3, 0.4) is 0 Å². The average Bonchev–Trinajstić information content (AvgIpc) is 2.39. The third-order valence-electron chi connectivity index (χ3n) is 3.33. The van der Waals surface area contributed by atoms with Gasteiger partial charge in [-0.05, 0) is 46.7 Å². The molecule has 0 radical (unpaired) electrons. The molecule has 0 fully saturated rings. The Labute approximate surface area is 108 Å². The van der Waals surface area contributed by atoms with Crippen LogP contribution in [0.1, 0.15) is 37.8 Å². The van der Waals surface area contributed by atoms with E-state index >= 15 is 0 Å². The first-order chi connectivity index (χ1) is 8.61. The molecule has 94 valence electrons. The van der Waals surface area contributed by atoms with Crippen LogP contribution >= 0.6 is 0 Å². The monoisotopic (exact) mass is 242 g/mol. The Morgan fingerprint density at radius 3 is 2.11 bits per heavy atom. The number of rotatable bonds is 3. The predicted octanol–water partition coefficient (Wildman–Crippen LogP) is 5.18. The van der Waals surface area contributed by atoms with Gasteiger partial charge in [0.05, 0.1) is 0 Å². The van der Waals surface area contributed by atoms with Crippen molar-refractivity contribution in [3.8, 4) is 11.1 Å². The first-order valence-corrected chi connectivity index (χ1v) is 6.50. The summed E-state index contributed by atoms with van der Waals surface area (Å²) in [5.74, 6) is 0.327. The Morgan fingerprint density at radius 2 is 1.56 bits per heavy atom. The molecule has 18 heavy (non-hydrogen) atoms. The fraction of sp³-hybridized carbons (Fsp3) is 0.294. The molecule has 2 rings (SSSR count). The maximum Gasteiger partial charge on any atom is 0.123 e. The summed E-state index contributed by atoms with van der Waals surface area (Å²) >= 11 is 0. The van der Waals surface area contributed by atoms with Crippen LogP contribution in [-0.4, -0.2) is 0 Å². The van der Waals surface area contributed by atoms with E-state index in [1.807, 2.05) is 12.1 Å². The molecule has 0 N–H and O–H groups in total. The molecule has 0 nitrogen and oxygen atoms in total. The molecule has 0 amide bonds. The zero-order valence-electron chi connectivity index (χ0n) is 11.2. The third kappa shape index (κ3) is 2.61. The molecule has 0 saturated carbocycles. The second-order valence-corrected chi connectivity index (χ2v) is 4.93. The molecular formula is C17H19F. The lowest BCUT2D eigenvalue weighted by Gasteiger charge is -2.14. The Balaban J connectivity index is 2.46. The number of halogens is 1. The number of aryl methyl sites for hydroxylation is 1. The van der Waals surface area contributed by atoms with Crippen molar-refractivity contribution in [1.82, 2.24) is 0 Å². The highest BCUT2D eigenvalue weighted by Gasteiger charge is 2.07. The summed E-state index contributed by atoms with van der Waals surface area (Å²) < 4.78 is 12.9. The van der Waals surface area contributed by atoms with Crippen molar-refractivity contribution in [3.63, 3.8) is 0 Å². The van der Waals surface area contributed by atoms with Crippen molar-refractivity contribution in [2.24, 2.45) is 0 Å². The molecule has 2 aromatic rings. The lowest BCUT2D eigenvalue weighted by Crippen LogP contribution is -1.95. The van der Waals surface area contributed by atoms with Gasteiger partial charge in [-0.25, -0.2) is 4.39 Å². The summed E-state index contributed by atoms with van der Waals surface area (Å²) in [4.78, 5) is 0. The van der Waals surface area contributed by atoms with Crippen LogP contribution in [0.5, 0.6) is 0 Å². The van der Waals surface area contributed by atoms with E-state index < -0.39 is 0 Å². The van der Waals surface area contributed by atoms with E-state index in [9.17, 15) is 4.39 Å². The molecule has 0 aliphatic carbocycles. The van der Waals surface area contributed by atoms with Crippen molar-refractivity contribution in [3.05, 3.63) is 59.4 Å². The Bertz CT molecular complexity index is 524. The highest BCUT2D eigenvalue weighted by Crippen LogP contribution is 2.27. The van der Waals surface area contributed by atoms with E-state index in [-0.39, 0.29) is 5.82 Å². The van der Waals surface area contributed by atoms with Gasteiger partial charge in [-0.2, -0.15) is 0 Å². The van der Waals surface area contributed by atoms with Crippen LogP contribution in [-0.2, 0) is 6.42 Å². The summed E-state index contributed by atoms with van der Waals surface area (Å²) in [5.41, 5.74) is 5.02. The Kier molecular flexibility index (Phi) is 3.81. The molecule has 0 saturated heterocycles. The minimum absolute atomic E-state index is 0.187. The fourth-order valence-corrected chi connectivity index (χ4v) is 2.28. The zero-order valence-corrected chi connectivity index (χ0v) is 11.2. The molecule has 0 aromatic heterocycles. The molecule has 0 unspecified atom stereocenters. The van der Waals surface area contributed by atoms with Crippen LogP contribution in [0.2, 0.25) is 0 Å². The van der Waals surface area contributed by atoms with E-state index in [4.69, 9.17) is 0 Å². The summed E-state index contributed by atoms with van der Waals surface area (Å²) in [6.45, 7) is 6.60. The largest absolute Gasteiger partial charge is 0.207 e. The van der Waals surface area contributed by atoms with Gasteiger partial charge in [0.25, 0.3) is 0 Å². The molecule has 0 atom stereocenters. The minimum atomic E-state index is -0.187. The molecule has 0 aliphatic heterocycles. The highest BCUT2D eigenvalue weighted by atomic mass is 19.1. The number of hydrogen-bond donors (Lipinski definition) is 0. The van der Waals surface area contributed by atoms with Crippen molar-refractivity contribution in [2.75, 3.05) is 0 Å². The highest BCUT2D eigenvalue weighted by molar-refractivity contribution is 5.65. The van der Waals surface area contributed by atoms with Gasteiger partial charge in [-0.1, -0.05) is 51.1 Å². The van der Waals surface area contributed by atoms with E-state index in [1.54, 1.807) is 0 Å². The number of benzene rings is 2. The lowest BCUT2D eigenvalue weighted by atomic mass is 9.92. The van der Waals surface area contributed by atoms with E-state index in [0.29, 0.717) is 5.92 Å². The van der Waals surface area contributed by atoms with Gasteiger partial charge in [0.2, 0.25) is 0 Å². The minimum Gasteiger partial charge on any atom is -0.207 e. The summed E-state index contributed by atoms with van der Waals surface area (Å²) in [6.07, 6.45) is 1.05. The summed E-state index contributed by atoms with van der Waals surface area (Å²) in [5, 5.41) is 0. The molecule has 0 aliphatic rings. The maximum atomic E-state index is 12.9. The van der Waals surface area contributed by atoms with E-state index in [2.05, 4.69) is 39.0 Å². The summed E-state index contributed by atoms with van der Waals surface area (Å²) in [6, 6.07) is 13.2. The van der Waals surface area contributed by atoms with Gasteiger partial charge < -0.3 is 0 Å². The fourth-order valence-electron chi connectivity index (χ4n) is 2.28. The van der Waals surface area contributed by atoms with Gasteiger partial charge in [-0.3, -0.25) is 0 Å². The Morgan fingerprint density at radius 1 is 0.944 bits per heavy atom. The first kappa shape index (κ1) is 12.8. The zero-order chi connectivity index (χ0) is 13.1. The number of hydrogen-bond acceptors (Lipinski definition) is 0. The molecule has 2 aromatic carbocycles. The standard InChI is InChI=1S/C17H19F/c1-4-13-5-6-15(11-17(13)12(2)3)14-7-9-16(18)10-8-14/h5-12H,4H2,1-3H3. The van der Waals surface area contributed by atoms with Gasteiger partial charge in [0, 0.05) is 0 Å². The molecular weight excluding hydrogens is 223 g/mol. The lowest BCUT2D eigenvalue weighted by molar-refractivity contribution is 0.628. The van der Waals surface area contributed by atoms with Gasteiger partial charge in [0.1, 0.15) is 5.82 Å². The van der Waals surface area contributed by atoms with Gasteiger partial charge in [0.15, 0.2) is 0 Å². The SMILES string of the molecule is CCc1ccc(-c2ccc(F)cc2)cc1C(C)C.